The minimum atomic E-state index is -0.555. The van der Waals surface area contributed by atoms with Gasteiger partial charge in [-0.15, -0.1) is 0 Å². The molecule has 1 aliphatic rings. The van der Waals surface area contributed by atoms with E-state index in [1.807, 2.05) is 38.1 Å². The zero-order valence-electron chi connectivity index (χ0n) is 10.4. The Balaban J connectivity index is 2.49. The van der Waals surface area contributed by atoms with E-state index in [9.17, 15) is 4.79 Å². The molecule has 1 heterocycles. The van der Waals surface area contributed by atoms with Gasteiger partial charge in [0.1, 0.15) is 0 Å². The SMILES string of the molecule is CC(C#N)C[C@]1(C)C(=O)N(C)c2ccccc21. The average molecular weight is 228 g/mol. The van der Waals surface area contributed by atoms with Crippen molar-refractivity contribution in [3.8, 4) is 6.07 Å². The van der Waals surface area contributed by atoms with Crippen LogP contribution in [0.25, 0.3) is 0 Å². The molecule has 3 heteroatoms. The topological polar surface area (TPSA) is 44.1 Å². The maximum Gasteiger partial charge on any atom is 0.237 e. The maximum absolute atomic E-state index is 12.4. The zero-order chi connectivity index (χ0) is 12.6. The second kappa shape index (κ2) is 3.89. The largest absolute Gasteiger partial charge is 0.314 e. The summed E-state index contributed by atoms with van der Waals surface area (Å²) < 4.78 is 0. The Labute approximate surface area is 102 Å². The standard InChI is InChI=1S/C14H16N2O/c1-10(9-15)8-14(2)11-6-4-5-7-12(11)16(3)13(14)17/h4-7,10H,8H2,1-3H3/t10?,14-/m0/s1. The number of rotatable bonds is 2. The quantitative estimate of drug-likeness (QED) is 0.780. The summed E-state index contributed by atoms with van der Waals surface area (Å²) in [6, 6.07) is 10.0. The molecule has 1 amide bonds. The third-order valence-electron chi connectivity index (χ3n) is 3.57. The fourth-order valence-corrected chi connectivity index (χ4v) is 2.68. The van der Waals surface area contributed by atoms with Gasteiger partial charge in [-0.1, -0.05) is 18.2 Å². The van der Waals surface area contributed by atoms with Gasteiger partial charge < -0.3 is 4.90 Å². The lowest BCUT2D eigenvalue weighted by Gasteiger charge is -2.24. The number of para-hydroxylation sites is 1. The summed E-state index contributed by atoms with van der Waals surface area (Å²) >= 11 is 0. The van der Waals surface area contributed by atoms with Gasteiger partial charge in [0, 0.05) is 18.7 Å². The molecule has 0 fully saturated rings. The van der Waals surface area contributed by atoms with Gasteiger partial charge in [0.25, 0.3) is 0 Å². The molecule has 0 N–H and O–H groups in total. The summed E-state index contributed by atoms with van der Waals surface area (Å²) in [6.07, 6.45) is 0.573. The highest BCUT2D eigenvalue weighted by Crippen LogP contribution is 2.44. The first-order valence-corrected chi connectivity index (χ1v) is 5.78. The van der Waals surface area contributed by atoms with Gasteiger partial charge in [0.05, 0.1) is 11.5 Å². The van der Waals surface area contributed by atoms with Gasteiger partial charge in [0.2, 0.25) is 5.91 Å². The van der Waals surface area contributed by atoms with Gasteiger partial charge in [-0.2, -0.15) is 5.26 Å². The number of benzene rings is 1. The molecular weight excluding hydrogens is 212 g/mol. The van der Waals surface area contributed by atoms with Crippen molar-refractivity contribution in [3.63, 3.8) is 0 Å². The normalized spacial score (nSPS) is 24.4. The predicted molar refractivity (Wildman–Crippen MR) is 66.6 cm³/mol. The van der Waals surface area contributed by atoms with Crippen LogP contribution in [0.15, 0.2) is 24.3 Å². The molecule has 1 aromatic carbocycles. The molecular formula is C14H16N2O. The summed E-state index contributed by atoms with van der Waals surface area (Å²) in [4.78, 5) is 14.0. The molecule has 2 rings (SSSR count). The monoisotopic (exact) mass is 228 g/mol. The lowest BCUT2D eigenvalue weighted by atomic mass is 9.77. The van der Waals surface area contributed by atoms with E-state index >= 15 is 0 Å². The minimum Gasteiger partial charge on any atom is -0.314 e. The molecule has 1 unspecified atom stereocenters. The number of fused-ring (bicyclic) bond motifs is 1. The van der Waals surface area contributed by atoms with E-state index in [0.29, 0.717) is 6.42 Å². The summed E-state index contributed by atoms with van der Waals surface area (Å²) in [5, 5.41) is 8.93. The Morgan fingerprint density at radius 2 is 2.12 bits per heavy atom. The van der Waals surface area contributed by atoms with Gasteiger partial charge in [0.15, 0.2) is 0 Å². The Kier molecular flexibility index (Phi) is 2.66. The third kappa shape index (κ3) is 1.61. The molecule has 0 aliphatic carbocycles. The Morgan fingerprint density at radius 1 is 1.47 bits per heavy atom. The molecule has 2 atom stereocenters. The van der Waals surface area contributed by atoms with Crippen molar-refractivity contribution in [2.24, 2.45) is 5.92 Å². The van der Waals surface area contributed by atoms with Crippen molar-refractivity contribution in [1.29, 1.82) is 5.26 Å². The summed E-state index contributed by atoms with van der Waals surface area (Å²) in [6.45, 7) is 3.80. The molecule has 0 saturated carbocycles. The van der Waals surface area contributed by atoms with Crippen molar-refractivity contribution >= 4 is 11.6 Å². The van der Waals surface area contributed by atoms with E-state index in [0.717, 1.165) is 11.3 Å². The van der Waals surface area contributed by atoms with E-state index in [2.05, 4.69) is 6.07 Å². The highest BCUT2D eigenvalue weighted by molar-refractivity contribution is 6.07. The number of carbonyl (C=O) groups is 1. The fourth-order valence-electron chi connectivity index (χ4n) is 2.68. The number of amides is 1. The first-order valence-electron chi connectivity index (χ1n) is 5.78. The molecule has 1 aromatic rings. The first kappa shape index (κ1) is 11.7. The number of hydrogen-bond acceptors (Lipinski definition) is 2. The van der Waals surface area contributed by atoms with Crippen LogP contribution in [-0.4, -0.2) is 13.0 Å². The fraction of sp³-hybridized carbons (Fsp3) is 0.429. The van der Waals surface area contributed by atoms with Crippen LogP contribution in [-0.2, 0) is 10.2 Å². The Hall–Kier alpha value is -1.82. The van der Waals surface area contributed by atoms with Gasteiger partial charge in [-0.05, 0) is 31.9 Å². The van der Waals surface area contributed by atoms with E-state index in [1.165, 1.54) is 0 Å². The Bertz CT molecular complexity index is 503. The number of anilines is 1. The van der Waals surface area contributed by atoms with Crippen LogP contribution in [0.5, 0.6) is 0 Å². The number of nitriles is 1. The second-order valence-electron chi connectivity index (χ2n) is 4.95. The van der Waals surface area contributed by atoms with Crippen LogP contribution in [0.3, 0.4) is 0 Å². The summed E-state index contributed by atoms with van der Waals surface area (Å²) in [5.41, 5.74) is 1.44. The molecule has 88 valence electrons. The third-order valence-corrected chi connectivity index (χ3v) is 3.57. The maximum atomic E-state index is 12.4. The molecule has 0 aromatic heterocycles. The molecule has 17 heavy (non-hydrogen) atoms. The predicted octanol–water partition coefficient (Wildman–Crippen LogP) is 2.47. The second-order valence-corrected chi connectivity index (χ2v) is 4.95. The van der Waals surface area contributed by atoms with Crippen LogP contribution in [0.4, 0.5) is 5.69 Å². The van der Waals surface area contributed by atoms with Gasteiger partial charge >= 0.3 is 0 Å². The van der Waals surface area contributed by atoms with Gasteiger partial charge in [-0.25, -0.2) is 0 Å². The highest BCUT2D eigenvalue weighted by Gasteiger charge is 2.46. The smallest absolute Gasteiger partial charge is 0.237 e. The van der Waals surface area contributed by atoms with Crippen LogP contribution in [0, 0.1) is 17.2 Å². The highest BCUT2D eigenvalue weighted by atomic mass is 16.2. The van der Waals surface area contributed by atoms with Crippen molar-refractivity contribution in [3.05, 3.63) is 29.8 Å². The van der Waals surface area contributed by atoms with Crippen LogP contribution < -0.4 is 4.90 Å². The van der Waals surface area contributed by atoms with E-state index in [-0.39, 0.29) is 11.8 Å². The molecule has 0 saturated heterocycles. The zero-order valence-corrected chi connectivity index (χ0v) is 10.4. The Morgan fingerprint density at radius 3 is 2.76 bits per heavy atom. The lowest BCUT2D eigenvalue weighted by molar-refractivity contribution is -0.122. The van der Waals surface area contributed by atoms with E-state index in [1.54, 1.807) is 11.9 Å². The van der Waals surface area contributed by atoms with E-state index in [4.69, 9.17) is 5.26 Å². The van der Waals surface area contributed by atoms with Crippen molar-refractivity contribution < 1.29 is 4.79 Å². The van der Waals surface area contributed by atoms with Crippen LogP contribution in [0.1, 0.15) is 25.8 Å². The van der Waals surface area contributed by atoms with Crippen molar-refractivity contribution in [2.75, 3.05) is 11.9 Å². The minimum absolute atomic E-state index is 0.0841. The van der Waals surface area contributed by atoms with Crippen LogP contribution >= 0.6 is 0 Å². The summed E-state index contributed by atoms with van der Waals surface area (Å²) in [5.74, 6) is -0.0377. The lowest BCUT2D eigenvalue weighted by Crippen LogP contribution is -2.37. The number of hydrogen-bond donors (Lipinski definition) is 0. The molecule has 3 nitrogen and oxygen atoms in total. The molecule has 0 spiro atoms. The van der Waals surface area contributed by atoms with Crippen molar-refractivity contribution in [1.82, 2.24) is 0 Å². The summed E-state index contributed by atoms with van der Waals surface area (Å²) in [7, 11) is 1.80. The molecule has 0 bridgehead atoms. The number of carbonyl (C=O) groups excluding carboxylic acids is 1. The van der Waals surface area contributed by atoms with E-state index < -0.39 is 5.41 Å². The van der Waals surface area contributed by atoms with Crippen molar-refractivity contribution in [2.45, 2.75) is 25.7 Å². The number of nitrogens with zero attached hydrogens (tertiary/aromatic N) is 2. The first-order chi connectivity index (χ1) is 8.00. The average Bonchev–Trinajstić information content (AvgIpc) is 2.53. The number of likely N-dealkylation sites (N-methyl/N-ethyl adjacent to an activating group) is 1. The van der Waals surface area contributed by atoms with Crippen LogP contribution in [0.2, 0.25) is 0 Å². The molecule has 1 aliphatic heterocycles. The van der Waals surface area contributed by atoms with Gasteiger partial charge in [-0.3, -0.25) is 4.79 Å². The molecule has 0 radical (unpaired) electrons.